The summed E-state index contributed by atoms with van der Waals surface area (Å²) in [5, 5.41) is 11.8. The minimum absolute atomic E-state index is 0.0717. The van der Waals surface area contributed by atoms with Crippen LogP contribution < -0.4 is 5.32 Å². The molecule has 0 saturated heterocycles. The third-order valence-electron chi connectivity index (χ3n) is 2.96. The third kappa shape index (κ3) is 2.25. The summed E-state index contributed by atoms with van der Waals surface area (Å²) >= 11 is 0. The van der Waals surface area contributed by atoms with Crippen molar-refractivity contribution >= 4 is 11.9 Å². The molecule has 0 atom stereocenters. The molecule has 4 heteroatoms. The maximum atomic E-state index is 11.1. The standard InChI is InChI=1S/C10H17NO3/c1-2-8(12)11-7-10(9(13)14)5-3-4-6-10/h2-7H2,1H3,(H,11,12)(H,13,14). The number of aliphatic carboxylic acids is 1. The number of nitrogens with one attached hydrogen (secondary N) is 1. The van der Waals surface area contributed by atoms with Crippen LogP contribution in [0, 0.1) is 5.41 Å². The van der Waals surface area contributed by atoms with E-state index >= 15 is 0 Å². The molecule has 0 aromatic carbocycles. The van der Waals surface area contributed by atoms with Gasteiger partial charge in [0.15, 0.2) is 0 Å². The van der Waals surface area contributed by atoms with Crippen molar-refractivity contribution in [1.29, 1.82) is 0 Å². The summed E-state index contributed by atoms with van der Waals surface area (Å²) in [7, 11) is 0. The van der Waals surface area contributed by atoms with Crippen LogP contribution in [0.2, 0.25) is 0 Å². The van der Waals surface area contributed by atoms with Crippen LogP contribution in [0.25, 0.3) is 0 Å². The monoisotopic (exact) mass is 199 g/mol. The van der Waals surface area contributed by atoms with Crippen LogP contribution in [0.5, 0.6) is 0 Å². The fourth-order valence-corrected chi connectivity index (χ4v) is 1.91. The lowest BCUT2D eigenvalue weighted by Gasteiger charge is -2.23. The summed E-state index contributed by atoms with van der Waals surface area (Å²) in [6.45, 7) is 2.05. The van der Waals surface area contributed by atoms with Crippen LogP contribution in [0.3, 0.4) is 0 Å². The van der Waals surface area contributed by atoms with Gasteiger partial charge in [0.25, 0.3) is 0 Å². The van der Waals surface area contributed by atoms with Gasteiger partial charge >= 0.3 is 5.97 Å². The van der Waals surface area contributed by atoms with E-state index in [0.29, 0.717) is 19.3 Å². The van der Waals surface area contributed by atoms with E-state index in [2.05, 4.69) is 5.32 Å². The van der Waals surface area contributed by atoms with Gasteiger partial charge in [-0.1, -0.05) is 19.8 Å². The van der Waals surface area contributed by atoms with Crippen molar-refractivity contribution < 1.29 is 14.7 Å². The largest absolute Gasteiger partial charge is 0.481 e. The van der Waals surface area contributed by atoms with E-state index in [0.717, 1.165) is 12.8 Å². The minimum Gasteiger partial charge on any atom is -0.481 e. The van der Waals surface area contributed by atoms with Crippen molar-refractivity contribution in [2.45, 2.75) is 39.0 Å². The second-order valence-electron chi connectivity index (χ2n) is 3.92. The highest BCUT2D eigenvalue weighted by Gasteiger charge is 2.41. The smallest absolute Gasteiger partial charge is 0.311 e. The lowest BCUT2D eigenvalue weighted by Crippen LogP contribution is -2.41. The summed E-state index contributed by atoms with van der Waals surface area (Å²) in [5.41, 5.74) is -0.690. The van der Waals surface area contributed by atoms with Crippen molar-refractivity contribution in [2.24, 2.45) is 5.41 Å². The Morgan fingerprint density at radius 1 is 1.36 bits per heavy atom. The molecular weight excluding hydrogens is 182 g/mol. The molecule has 1 rings (SSSR count). The maximum absolute atomic E-state index is 11.1. The zero-order chi connectivity index (χ0) is 10.6. The molecule has 0 heterocycles. The Morgan fingerprint density at radius 2 is 1.93 bits per heavy atom. The molecule has 4 nitrogen and oxygen atoms in total. The van der Waals surface area contributed by atoms with E-state index in [4.69, 9.17) is 5.11 Å². The molecule has 1 fully saturated rings. The van der Waals surface area contributed by atoms with Crippen LogP contribution in [-0.2, 0) is 9.59 Å². The zero-order valence-corrected chi connectivity index (χ0v) is 8.51. The molecule has 1 aliphatic carbocycles. The van der Waals surface area contributed by atoms with Gasteiger partial charge in [-0.3, -0.25) is 9.59 Å². The predicted octanol–water partition coefficient (Wildman–Crippen LogP) is 1.16. The molecule has 2 N–H and O–H groups in total. The summed E-state index contributed by atoms with van der Waals surface area (Å²) in [6, 6.07) is 0. The first-order valence-electron chi connectivity index (χ1n) is 5.11. The number of rotatable bonds is 4. The minimum atomic E-state index is -0.772. The highest BCUT2D eigenvalue weighted by molar-refractivity contribution is 5.79. The van der Waals surface area contributed by atoms with Gasteiger partial charge in [0.2, 0.25) is 5.91 Å². The molecule has 0 aliphatic heterocycles. The Hall–Kier alpha value is -1.06. The molecule has 1 saturated carbocycles. The van der Waals surface area contributed by atoms with Crippen LogP contribution in [-0.4, -0.2) is 23.5 Å². The number of carbonyl (C=O) groups excluding carboxylic acids is 1. The Bertz CT molecular complexity index is 232. The molecule has 0 bridgehead atoms. The SMILES string of the molecule is CCC(=O)NCC1(C(=O)O)CCCC1. The summed E-state index contributed by atoms with van der Waals surface area (Å²) in [5.74, 6) is -0.844. The van der Waals surface area contributed by atoms with E-state index in [1.54, 1.807) is 6.92 Å². The summed E-state index contributed by atoms with van der Waals surface area (Å²) in [6.07, 6.45) is 3.69. The van der Waals surface area contributed by atoms with Crippen molar-refractivity contribution in [3.05, 3.63) is 0 Å². The highest BCUT2D eigenvalue weighted by atomic mass is 16.4. The molecule has 0 aromatic heterocycles. The maximum Gasteiger partial charge on any atom is 0.311 e. The van der Waals surface area contributed by atoms with E-state index in [1.165, 1.54) is 0 Å². The Labute approximate surface area is 83.7 Å². The van der Waals surface area contributed by atoms with Gasteiger partial charge in [-0.05, 0) is 12.8 Å². The number of carbonyl (C=O) groups is 2. The van der Waals surface area contributed by atoms with Crippen LogP contribution in [0.4, 0.5) is 0 Å². The second-order valence-corrected chi connectivity index (χ2v) is 3.92. The van der Waals surface area contributed by atoms with Crippen LogP contribution in [0.1, 0.15) is 39.0 Å². The Morgan fingerprint density at radius 3 is 2.36 bits per heavy atom. The molecule has 80 valence electrons. The summed E-state index contributed by atoms with van der Waals surface area (Å²) < 4.78 is 0. The van der Waals surface area contributed by atoms with Crippen molar-refractivity contribution in [3.8, 4) is 0 Å². The molecule has 1 amide bonds. The number of carboxylic acids is 1. The highest BCUT2D eigenvalue weighted by Crippen LogP contribution is 2.37. The van der Waals surface area contributed by atoms with Gasteiger partial charge in [0.1, 0.15) is 0 Å². The van der Waals surface area contributed by atoms with E-state index < -0.39 is 11.4 Å². The van der Waals surface area contributed by atoms with E-state index in [-0.39, 0.29) is 12.5 Å². The summed E-state index contributed by atoms with van der Waals surface area (Å²) in [4.78, 5) is 22.1. The number of hydrogen-bond donors (Lipinski definition) is 2. The van der Waals surface area contributed by atoms with Crippen LogP contribution in [0.15, 0.2) is 0 Å². The van der Waals surface area contributed by atoms with Crippen LogP contribution >= 0.6 is 0 Å². The average molecular weight is 199 g/mol. The van der Waals surface area contributed by atoms with Gasteiger partial charge in [-0.25, -0.2) is 0 Å². The van der Waals surface area contributed by atoms with E-state index in [9.17, 15) is 9.59 Å². The average Bonchev–Trinajstić information content (AvgIpc) is 2.64. The predicted molar refractivity (Wildman–Crippen MR) is 51.8 cm³/mol. The fourth-order valence-electron chi connectivity index (χ4n) is 1.91. The van der Waals surface area contributed by atoms with Gasteiger partial charge in [-0.15, -0.1) is 0 Å². The first-order chi connectivity index (χ1) is 6.60. The lowest BCUT2D eigenvalue weighted by atomic mass is 9.86. The number of amides is 1. The Kier molecular flexibility index (Phi) is 3.49. The van der Waals surface area contributed by atoms with Gasteiger partial charge < -0.3 is 10.4 Å². The molecule has 0 radical (unpaired) electrons. The molecule has 0 aromatic rings. The number of carboxylic acid groups (broad SMARTS) is 1. The van der Waals surface area contributed by atoms with E-state index in [1.807, 2.05) is 0 Å². The topological polar surface area (TPSA) is 66.4 Å². The molecule has 1 aliphatic rings. The van der Waals surface area contributed by atoms with Crippen molar-refractivity contribution in [1.82, 2.24) is 5.32 Å². The normalized spacial score (nSPS) is 19.2. The third-order valence-corrected chi connectivity index (χ3v) is 2.96. The Balaban J connectivity index is 2.52. The van der Waals surface area contributed by atoms with Gasteiger partial charge in [-0.2, -0.15) is 0 Å². The fraction of sp³-hybridized carbons (Fsp3) is 0.800. The first-order valence-corrected chi connectivity index (χ1v) is 5.11. The van der Waals surface area contributed by atoms with Gasteiger partial charge in [0.05, 0.1) is 5.41 Å². The molecular formula is C10H17NO3. The quantitative estimate of drug-likeness (QED) is 0.714. The van der Waals surface area contributed by atoms with Crippen molar-refractivity contribution in [2.75, 3.05) is 6.54 Å². The first kappa shape index (κ1) is 11.0. The number of hydrogen-bond acceptors (Lipinski definition) is 2. The second kappa shape index (κ2) is 4.44. The zero-order valence-electron chi connectivity index (χ0n) is 8.51. The van der Waals surface area contributed by atoms with Gasteiger partial charge in [0, 0.05) is 13.0 Å². The molecule has 0 unspecified atom stereocenters. The lowest BCUT2D eigenvalue weighted by molar-refractivity contribution is -0.148. The molecule has 0 spiro atoms. The molecule has 14 heavy (non-hydrogen) atoms. The van der Waals surface area contributed by atoms with Crippen molar-refractivity contribution in [3.63, 3.8) is 0 Å².